The fraction of sp³-hybridized carbons (Fsp3) is 0.923. The van der Waals surface area contributed by atoms with Crippen LogP contribution >= 0.6 is 0 Å². The lowest BCUT2D eigenvalue weighted by Gasteiger charge is -2.33. The zero-order chi connectivity index (χ0) is 11.5. The van der Waals surface area contributed by atoms with Gasteiger partial charge in [0.05, 0.1) is 5.84 Å². The van der Waals surface area contributed by atoms with Crippen molar-refractivity contribution in [3.63, 3.8) is 0 Å². The zero-order valence-electron chi connectivity index (χ0n) is 10.8. The molecule has 0 atom stereocenters. The molecule has 2 nitrogen and oxygen atoms in total. The molecule has 0 aromatic carbocycles. The molecule has 0 aromatic heterocycles. The van der Waals surface area contributed by atoms with Crippen LogP contribution in [0.3, 0.4) is 0 Å². The van der Waals surface area contributed by atoms with Gasteiger partial charge in [-0.25, -0.2) is 0 Å². The van der Waals surface area contributed by atoms with Crippen LogP contribution in [0.15, 0.2) is 0 Å². The van der Waals surface area contributed by atoms with Gasteiger partial charge in [-0.15, -0.1) is 0 Å². The molecule has 0 heterocycles. The van der Waals surface area contributed by atoms with Gasteiger partial charge in [-0.3, -0.25) is 5.41 Å². The maximum atomic E-state index is 8.20. The van der Waals surface area contributed by atoms with Gasteiger partial charge >= 0.3 is 0 Å². The fourth-order valence-corrected chi connectivity index (χ4v) is 2.48. The van der Waals surface area contributed by atoms with Crippen molar-refractivity contribution in [1.82, 2.24) is 4.90 Å². The summed E-state index contributed by atoms with van der Waals surface area (Å²) in [6.07, 6.45) is 6.46. The van der Waals surface area contributed by atoms with Crippen LogP contribution in [0.2, 0.25) is 0 Å². The first-order valence-corrected chi connectivity index (χ1v) is 6.20. The highest BCUT2D eigenvalue weighted by molar-refractivity contribution is 5.81. The van der Waals surface area contributed by atoms with Crippen LogP contribution in [0.5, 0.6) is 0 Å². The van der Waals surface area contributed by atoms with Gasteiger partial charge in [0.1, 0.15) is 0 Å². The van der Waals surface area contributed by atoms with Crippen molar-refractivity contribution < 1.29 is 0 Å². The number of hydrogen-bond donors (Lipinski definition) is 1. The summed E-state index contributed by atoms with van der Waals surface area (Å²) in [5.74, 6) is 1.40. The molecule has 0 radical (unpaired) electrons. The number of amidine groups is 1. The van der Waals surface area contributed by atoms with Crippen molar-refractivity contribution in [3.05, 3.63) is 0 Å². The Bertz CT molecular complexity index is 209. The van der Waals surface area contributed by atoms with Gasteiger partial charge in [-0.05, 0) is 18.3 Å². The third-order valence-electron chi connectivity index (χ3n) is 3.11. The van der Waals surface area contributed by atoms with Crippen molar-refractivity contribution in [2.75, 3.05) is 13.6 Å². The smallest absolute Gasteiger partial charge is 0.0987 e. The molecule has 0 bridgehead atoms. The van der Waals surface area contributed by atoms with E-state index in [4.69, 9.17) is 5.41 Å². The second-order valence-corrected chi connectivity index (χ2v) is 6.14. The zero-order valence-corrected chi connectivity index (χ0v) is 10.8. The summed E-state index contributed by atoms with van der Waals surface area (Å²) in [5, 5.41) is 8.20. The monoisotopic (exact) mass is 210 g/mol. The number of nitrogens with one attached hydrogen (secondary N) is 1. The third kappa shape index (κ3) is 4.23. The fourth-order valence-electron chi connectivity index (χ4n) is 2.48. The second kappa shape index (κ2) is 5.00. The average molecular weight is 210 g/mol. The summed E-state index contributed by atoms with van der Waals surface area (Å²) < 4.78 is 0. The van der Waals surface area contributed by atoms with E-state index in [1.54, 1.807) is 0 Å². The van der Waals surface area contributed by atoms with Crippen molar-refractivity contribution in [1.29, 1.82) is 5.41 Å². The minimum atomic E-state index is 0.287. The molecule has 1 aliphatic rings. The average Bonchev–Trinajstić information content (AvgIpc) is 2.15. The number of nitrogens with zero attached hydrogens (tertiary/aromatic N) is 1. The van der Waals surface area contributed by atoms with E-state index < -0.39 is 0 Å². The standard InChI is InChI=1S/C13H26N2/c1-13(2,3)10-15(4)12(14)11-8-6-5-7-9-11/h11,14H,5-10H2,1-4H3. The Kier molecular flexibility index (Phi) is 4.18. The molecule has 0 aliphatic heterocycles. The second-order valence-electron chi connectivity index (χ2n) is 6.14. The molecule has 88 valence electrons. The SMILES string of the molecule is CN(CC(C)(C)C)C(=N)C1CCCCC1. The highest BCUT2D eigenvalue weighted by Crippen LogP contribution is 2.26. The van der Waals surface area contributed by atoms with E-state index in [0.29, 0.717) is 5.92 Å². The van der Waals surface area contributed by atoms with Crippen molar-refractivity contribution in [3.8, 4) is 0 Å². The topological polar surface area (TPSA) is 27.1 Å². The first-order chi connectivity index (χ1) is 6.90. The Labute approximate surface area is 94.6 Å². The molecule has 1 N–H and O–H groups in total. The Morgan fingerprint density at radius 1 is 1.20 bits per heavy atom. The van der Waals surface area contributed by atoms with E-state index in [2.05, 4.69) is 32.7 Å². The molecule has 1 aliphatic carbocycles. The molecule has 1 saturated carbocycles. The Hall–Kier alpha value is -0.530. The summed E-state index contributed by atoms with van der Waals surface area (Å²) in [7, 11) is 2.07. The summed E-state index contributed by atoms with van der Waals surface area (Å²) >= 11 is 0. The molecule has 1 fully saturated rings. The largest absolute Gasteiger partial charge is 0.363 e. The molecule has 1 rings (SSSR count). The van der Waals surface area contributed by atoms with E-state index in [1.807, 2.05) is 0 Å². The first-order valence-electron chi connectivity index (χ1n) is 6.20. The normalized spacial score (nSPS) is 18.9. The maximum Gasteiger partial charge on any atom is 0.0987 e. The van der Waals surface area contributed by atoms with Crippen LogP contribution in [0.4, 0.5) is 0 Å². The van der Waals surface area contributed by atoms with Gasteiger partial charge in [-0.2, -0.15) is 0 Å². The minimum absolute atomic E-state index is 0.287. The van der Waals surface area contributed by atoms with Crippen LogP contribution in [0, 0.1) is 16.7 Å². The number of rotatable bonds is 2. The van der Waals surface area contributed by atoms with Crippen LogP contribution in [0.25, 0.3) is 0 Å². The quantitative estimate of drug-likeness (QED) is 0.548. The Morgan fingerprint density at radius 2 is 1.73 bits per heavy atom. The lowest BCUT2D eigenvalue weighted by atomic mass is 9.87. The molecule has 0 unspecified atom stereocenters. The lowest BCUT2D eigenvalue weighted by molar-refractivity contribution is 0.286. The number of hydrogen-bond acceptors (Lipinski definition) is 1. The van der Waals surface area contributed by atoms with Gasteiger partial charge in [0.25, 0.3) is 0 Å². The molecule has 0 aromatic rings. The lowest BCUT2D eigenvalue weighted by Crippen LogP contribution is -2.38. The predicted molar refractivity (Wildman–Crippen MR) is 66.4 cm³/mol. The van der Waals surface area contributed by atoms with Gasteiger partial charge < -0.3 is 4.90 Å². The molecule has 0 amide bonds. The maximum absolute atomic E-state index is 8.20. The van der Waals surface area contributed by atoms with Crippen LogP contribution in [-0.4, -0.2) is 24.3 Å². The van der Waals surface area contributed by atoms with Gasteiger partial charge in [0, 0.05) is 19.5 Å². The highest BCUT2D eigenvalue weighted by Gasteiger charge is 2.23. The van der Waals surface area contributed by atoms with E-state index in [1.165, 1.54) is 32.1 Å². The summed E-state index contributed by atoms with van der Waals surface area (Å²) in [5.41, 5.74) is 0.287. The summed E-state index contributed by atoms with van der Waals surface area (Å²) in [6, 6.07) is 0. The van der Waals surface area contributed by atoms with Gasteiger partial charge in [0.2, 0.25) is 0 Å². The molecule has 0 spiro atoms. The predicted octanol–water partition coefficient (Wildman–Crippen LogP) is 3.52. The highest BCUT2D eigenvalue weighted by atomic mass is 15.1. The molecule has 0 saturated heterocycles. The third-order valence-corrected chi connectivity index (χ3v) is 3.11. The Morgan fingerprint density at radius 3 is 2.20 bits per heavy atom. The Balaban J connectivity index is 2.44. The first kappa shape index (κ1) is 12.5. The van der Waals surface area contributed by atoms with Gasteiger partial charge in [-0.1, -0.05) is 40.0 Å². The van der Waals surface area contributed by atoms with Crippen molar-refractivity contribution in [2.45, 2.75) is 52.9 Å². The van der Waals surface area contributed by atoms with Crippen LogP contribution in [0.1, 0.15) is 52.9 Å². The van der Waals surface area contributed by atoms with E-state index in [-0.39, 0.29) is 5.41 Å². The van der Waals surface area contributed by atoms with E-state index in [0.717, 1.165) is 12.4 Å². The minimum Gasteiger partial charge on any atom is -0.363 e. The molecular formula is C13H26N2. The van der Waals surface area contributed by atoms with E-state index in [9.17, 15) is 0 Å². The van der Waals surface area contributed by atoms with Gasteiger partial charge in [0.15, 0.2) is 0 Å². The molecular weight excluding hydrogens is 184 g/mol. The molecule has 2 heteroatoms. The van der Waals surface area contributed by atoms with Crippen LogP contribution < -0.4 is 0 Å². The summed E-state index contributed by atoms with van der Waals surface area (Å²) in [6.45, 7) is 7.69. The summed E-state index contributed by atoms with van der Waals surface area (Å²) in [4.78, 5) is 2.15. The van der Waals surface area contributed by atoms with Crippen molar-refractivity contribution >= 4 is 5.84 Å². The van der Waals surface area contributed by atoms with E-state index >= 15 is 0 Å². The van der Waals surface area contributed by atoms with Crippen molar-refractivity contribution in [2.24, 2.45) is 11.3 Å². The van der Waals surface area contributed by atoms with Crippen LogP contribution in [-0.2, 0) is 0 Å². The molecule has 15 heavy (non-hydrogen) atoms.